The number of likely N-dealkylation sites (N-methyl/N-ethyl adjacent to an activating group) is 1. The zero-order valence-corrected chi connectivity index (χ0v) is 10.9. The van der Waals surface area contributed by atoms with Gasteiger partial charge < -0.3 is 14.7 Å². The Kier molecular flexibility index (Phi) is 6.64. The van der Waals surface area contributed by atoms with Crippen LogP contribution in [0, 0.1) is 0 Å². The minimum absolute atomic E-state index is 0.389. The standard InChI is InChI=1S/C12H21NO2S/c1-3-13(4-2)8-11(14)9-15-10-12-6-5-7-16-12/h5-7,11,14H,3-4,8-10H2,1-2H3/t11-/m1/s1. The van der Waals surface area contributed by atoms with Crippen molar-refractivity contribution in [2.75, 3.05) is 26.2 Å². The minimum Gasteiger partial charge on any atom is -0.389 e. The van der Waals surface area contributed by atoms with Crippen molar-refractivity contribution in [3.63, 3.8) is 0 Å². The van der Waals surface area contributed by atoms with Crippen molar-refractivity contribution >= 4 is 11.3 Å². The highest BCUT2D eigenvalue weighted by Gasteiger charge is 2.08. The first-order valence-corrected chi connectivity index (χ1v) is 6.64. The first kappa shape index (κ1) is 13.6. The molecular weight excluding hydrogens is 222 g/mol. The SMILES string of the molecule is CCN(CC)C[C@@H](O)COCc1cccs1. The van der Waals surface area contributed by atoms with Crippen molar-refractivity contribution in [2.24, 2.45) is 0 Å². The summed E-state index contributed by atoms with van der Waals surface area (Å²) in [6.45, 7) is 7.85. The highest BCUT2D eigenvalue weighted by molar-refractivity contribution is 7.09. The molecule has 0 saturated carbocycles. The first-order valence-electron chi connectivity index (χ1n) is 5.76. The van der Waals surface area contributed by atoms with Gasteiger partial charge in [-0.1, -0.05) is 19.9 Å². The summed E-state index contributed by atoms with van der Waals surface area (Å²) in [6.07, 6.45) is -0.389. The van der Waals surface area contributed by atoms with Crippen molar-refractivity contribution in [1.82, 2.24) is 4.90 Å². The van der Waals surface area contributed by atoms with Crippen LogP contribution in [0.5, 0.6) is 0 Å². The van der Waals surface area contributed by atoms with Gasteiger partial charge in [0.15, 0.2) is 0 Å². The maximum Gasteiger partial charge on any atom is 0.0900 e. The summed E-state index contributed by atoms with van der Waals surface area (Å²) < 4.78 is 5.46. The van der Waals surface area contributed by atoms with E-state index < -0.39 is 0 Å². The molecule has 0 unspecified atom stereocenters. The fourth-order valence-corrected chi connectivity index (χ4v) is 2.16. The van der Waals surface area contributed by atoms with Crippen molar-refractivity contribution in [2.45, 2.75) is 26.6 Å². The summed E-state index contributed by atoms with van der Waals surface area (Å²) >= 11 is 1.68. The normalized spacial score (nSPS) is 13.2. The Bertz CT molecular complexity index is 260. The number of hydrogen-bond acceptors (Lipinski definition) is 4. The molecule has 1 heterocycles. The molecule has 1 N–H and O–H groups in total. The fraction of sp³-hybridized carbons (Fsp3) is 0.667. The van der Waals surface area contributed by atoms with E-state index in [2.05, 4.69) is 18.7 Å². The first-order chi connectivity index (χ1) is 7.76. The lowest BCUT2D eigenvalue weighted by Crippen LogP contribution is -2.34. The van der Waals surface area contributed by atoms with Crippen LogP contribution in [-0.4, -0.2) is 42.4 Å². The van der Waals surface area contributed by atoms with Crippen LogP contribution in [0.3, 0.4) is 0 Å². The number of aliphatic hydroxyl groups excluding tert-OH is 1. The zero-order chi connectivity index (χ0) is 11.8. The average molecular weight is 243 g/mol. The molecule has 1 rings (SSSR count). The molecule has 0 aliphatic heterocycles. The smallest absolute Gasteiger partial charge is 0.0900 e. The monoisotopic (exact) mass is 243 g/mol. The molecule has 0 saturated heterocycles. The van der Waals surface area contributed by atoms with Crippen molar-refractivity contribution < 1.29 is 9.84 Å². The van der Waals surface area contributed by atoms with Gasteiger partial charge in [-0.2, -0.15) is 0 Å². The summed E-state index contributed by atoms with van der Waals surface area (Å²) in [5, 5.41) is 11.8. The summed E-state index contributed by atoms with van der Waals surface area (Å²) in [5.74, 6) is 0. The summed E-state index contributed by atoms with van der Waals surface area (Å²) in [5.41, 5.74) is 0. The molecule has 0 radical (unpaired) electrons. The average Bonchev–Trinajstić information content (AvgIpc) is 2.79. The highest BCUT2D eigenvalue weighted by Crippen LogP contribution is 2.09. The predicted octanol–water partition coefficient (Wildman–Crippen LogP) is 1.97. The second-order valence-corrected chi connectivity index (χ2v) is 4.77. The highest BCUT2D eigenvalue weighted by atomic mass is 32.1. The van der Waals surface area contributed by atoms with Crippen LogP contribution in [0.2, 0.25) is 0 Å². The quantitative estimate of drug-likeness (QED) is 0.757. The summed E-state index contributed by atoms with van der Waals surface area (Å²) in [4.78, 5) is 3.40. The van der Waals surface area contributed by atoms with Gasteiger partial charge in [0.1, 0.15) is 0 Å². The lowest BCUT2D eigenvalue weighted by atomic mass is 10.3. The van der Waals surface area contributed by atoms with E-state index in [9.17, 15) is 5.11 Å². The molecule has 1 aromatic heterocycles. The predicted molar refractivity (Wildman–Crippen MR) is 67.8 cm³/mol. The number of rotatable bonds is 8. The number of aliphatic hydroxyl groups is 1. The van der Waals surface area contributed by atoms with Crippen molar-refractivity contribution in [3.05, 3.63) is 22.4 Å². The molecule has 0 bridgehead atoms. The minimum atomic E-state index is -0.389. The van der Waals surface area contributed by atoms with Gasteiger partial charge in [0, 0.05) is 11.4 Å². The van der Waals surface area contributed by atoms with Crippen LogP contribution in [0.25, 0.3) is 0 Å². The Balaban J connectivity index is 2.12. The lowest BCUT2D eigenvalue weighted by molar-refractivity contribution is 0.0122. The van der Waals surface area contributed by atoms with Crippen LogP contribution < -0.4 is 0 Å². The van der Waals surface area contributed by atoms with Crippen LogP contribution >= 0.6 is 11.3 Å². The van der Waals surface area contributed by atoms with Gasteiger partial charge in [-0.15, -0.1) is 11.3 Å². The number of ether oxygens (including phenoxy) is 1. The molecule has 0 spiro atoms. The number of nitrogens with zero attached hydrogens (tertiary/aromatic N) is 1. The Hall–Kier alpha value is -0.420. The molecule has 4 heteroatoms. The third-order valence-corrected chi connectivity index (χ3v) is 3.35. The molecule has 1 atom stereocenters. The Morgan fingerprint density at radius 1 is 1.44 bits per heavy atom. The largest absolute Gasteiger partial charge is 0.389 e. The number of hydrogen-bond donors (Lipinski definition) is 1. The third-order valence-electron chi connectivity index (χ3n) is 2.50. The maximum atomic E-state index is 9.75. The molecule has 0 aliphatic carbocycles. The van der Waals surface area contributed by atoms with Crippen molar-refractivity contribution in [1.29, 1.82) is 0 Å². The van der Waals surface area contributed by atoms with E-state index in [0.29, 0.717) is 19.8 Å². The van der Waals surface area contributed by atoms with Gasteiger partial charge in [-0.3, -0.25) is 0 Å². The summed E-state index contributed by atoms with van der Waals surface area (Å²) in [7, 11) is 0. The van der Waals surface area contributed by atoms with Gasteiger partial charge in [-0.25, -0.2) is 0 Å². The topological polar surface area (TPSA) is 32.7 Å². The number of thiophene rings is 1. The van der Waals surface area contributed by atoms with E-state index in [-0.39, 0.29) is 6.10 Å². The molecule has 0 amide bonds. The molecule has 0 aromatic carbocycles. The summed E-state index contributed by atoms with van der Waals surface area (Å²) in [6, 6.07) is 4.05. The van der Waals surface area contributed by atoms with Crippen LogP contribution in [0.4, 0.5) is 0 Å². The van der Waals surface area contributed by atoms with Crippen molar-refractivity contribution in [3.8, 4) is 0 Å². The second kappa shape index (κ2) is 7.79. The van der Waals surface area contributed by atoms with E-state index in [1.807, 2.05) is 17.5 Å². The fourth-order valence-electron chi connectivity index (χ4n) is 1.52. The van der Waals surface area contributed by atoms with Gasteiger partial charge in [0.2, 0.25) is 0 Å². The second-order valence-electron chi connectivity index (χ2n) is 3.73. The van der Waals surface area contributed by atoms with E-state index in [4.69, 9.17) is 4.74 Å². The Morgan fingerprint density at radius 2 is 2.19 bits per heavy atom. The zero-order valence-electron chi connectivity index (χ0n) is 10.1. The van der Waals surface area contributed by atoms with Gasteiger partial charge >= 0.3 is 0 Å². The third kappa shape index (κ3) is 5.07. The molecule has 16 heavy (non-hydrogen) atoms. The molecular formula is C12H21NO2S. The van der Waals surface area contributed by atoms with E-state index in [0.717, 1.165) is 13.1 Å². The molecule has 92 valence electrons. The van der Waals surface area contributed by atoms with E-state index in [1.165, 1.54) is 4.88 Å². The van der Waals surface area contributed by atoms with Crippen LogP contribution in [0.15, 0.2) is 17.5 Å². The lowest BCUT2D eigenvalue weighted by Gasteiger charge is -2.21. The molecule has 0 fully saturated rings. The molecule has 0 aliphatic rings. The maximum absolute atomic E-state index is 9.75. The Labute approximate surface area is 102 Å². The Morgan fingerprint density at radius 3 is 2.75 bits per heavy atom. The van der Waals surface area contributed by atoms with Crippen LogP contribution in [-0.2, 0) is 11.3 Å². The van der Waals surface area contributed by atoms with Crippen LogP contribution in [0.1, 0.15) is 18.7 Å². The van der Waals surface area contributed by atoms with Gasteiger partial charge in [0.25, 0.3) is 0 Å². The van der Waals surface area contributed by atoms with E-state index in [1.54, 1.807) is 11.3 Å². The van der Waals surface area contributed by atoms with Gasteiger partial charge in [0.05, 0.1) is 19.3 Å². The van der Waals surface area contributed by atoms with E-state index >= 15 is 0 Å². The molecule has 3 nitrogen and oxygen atoms in total. The van der Waals surface area contributed by atoms with Gasteiger partial charge in [-0.05, 0) is 24.5 Å². The molecule has 1 aromatic rings.